The lowest BCUT2D eigenvalue weighted by Gasteiger charge is -2.31. The Bertz CT molecular complexity index is 1020. The molecule has 7 heteroatoms. The van der Waals surface area contributed by atoms with Crippen molar-refractivity contribution in [1.29, 1.82) is 0 Å². The highest BCUT2D eigenvalue weighted by Gasteiger charge is 2.43. The summed E-state index contributed by atoms with van der Waals surface area (Å²) in [6.07, 6.45) is 4.14. The van der Waals surface area contributed by atoms with Gasteiger partial charge in [-0.2, -0.15) is 0 Å². The monoisotopic (exact) mass is 427 g/mol. The number of hydroxylamine groups is 1. The molecule has 0 spiro atoms. The van der Waals surface area contributed by atoms with Crippen LogP contribution in [0, 0.1) is 6.07 Å². The number of benzene rings is 2. The lowest BCUT2D eigenvalue weighted by molar-refractivity contribution is -0.131. The average Bonchev–Trinajstić information content (AvgIpc) is 2.77. The van der Waals surface area contributed by atoms with Crippen LogP contribution in [0.25, 0.3) is 16.7 Å². The third-order valence-corrected chi connectivity index (χ3v) is 7.93. The quantitative estimate of drug-likeness (QED) is 0.524. The van der Waals surface area contributed by atoms with Gasteiger partial charge in [0.25, 0.3) is 5.91 Å². The molecule has 1 unspecified atom stereocenters. The fraction of sp³-hybridized carbons (Fsp3) is 0.348. The Morgan fingerprint density at radius 1 is 1.13 bits per heavy atom. The summed E-state index contributed by atoms with van der Waals surface area (Å²) in [5.74, 6) is -0.894. The lowest BCUT2D eigenvalue weighted by atomic mass is 9.96. The van der Waals surface area contributed by atoms with Crippen molar-refractivity contribution in [2.45, 2.75) is 24.5 Å². The number of rotatable bonds is 7. The van der Waals surface area contributed by atoms with Crippen molar-refractivity contribution in [2.24, 2.45) is 0 Å². The molecule has 2 N–H and O–H groups in total. The number of hydrogen-bond acceptors (Lipinski definition) is 5. The Balaban J connectivity index is 1.63. The van der Waals surface area contributed by atoms with E-state index in [1.165, 1.54) is 23.5 Å². The number of carbonyl (C=O) groups excluding carboxylic acids is 1. The second-order valence-electron chi connectivity index (χ2n) is 7.84. The van der Waals surface area contributed by atoms with Crippen molar-refractivity contribution in [2.75, 3.05) is 25.9 Å². The second kappa shape index (κ2) is 9.12. The van der Waals surface area contributed by atoms with Gasteiger partial charge in [-0.3, -0.25) is 14.9 Å². The number of sulfone groups is 1. The molecule has 1 aliphatic rings. The van der Waals surface area contributed by atoms with Crippen LogP contribution in [0.3, 0.4) is 0 Å². The minimum absolute atomic E-state index is 0.116. The summed E-state index contributed by atoms with van der Waals surface area (Å²) in [6.45, 7) is 3.27. The number of carbonyl (C=O) groups is 1. The van der Waals surface area contributed by atoms with Crippen molar-refractivity contribution in [3.8, 4) is 11.1 Å². The van der Waals surface area contributed by atoms with Gasteiger partial charge in [0.15, 0.2) is 14.6 Å². The fourth-order valence-electron chi connectivity index (χ4n) is 3.59. The Hall–Kier alpha value is -2.48. The SMILES string of the molecule is CC(CCN1CC=C(c2ccc(-c3cc[c]cc3)cc2)CC1)(C(=O)NO)S(C)(=O)=O. The predicted molar refractivity (Wildman–Crippen MR) is 118 cm³/mol. The molecular weight excluding hydrogens is 400 g/mol. The van der Waals surface area contributed by atoms with E-state index in [9.17, 15) is 13.2 Å². The molecule has 2 aromatic rings. The Kier molecular flexibility index (Phi) is 6.75. The maximum Gasteiger partial charge on any atom is 0.264 e. The third-order valence-electron chi connectivity index (χ3n) is 5.91. The second-order valence-corrected chi connectivity index (χ2v) is 10.3. The fourth-order valence-corrected chi connectivity index (χ4v) is 4.43. The first-order valence-electron chi connectivity index (χ1n) is 9.87. The van der Waals surface area contributed by atoms with E-state index >= 15 is 0 Å². The molecule has 1 heterocycles. The summed E-state index contributed by atoms with van der Waals surface area (Å²) < 4.78 is 22.5. The zero-order valence-corrected chi connectivity index (χ0v) is 18.1. The first-order valence-corrected chi connectivity index (χ1v) is 11.8. The van der Waals surface area contributed by atoms with Crippen LogP contribution < -0.4 is 5.48 Å². The summed E-state index contributed by atoms with van der Waals surface area (Å²) in [6, 6.07) is 19.4. The van der Waals surface area contributed by atoms with Crippen LogP contribution in [-0.4, -0.2) is 55.1 Å². The van der Waals surface area contributed by atoms with Crippen LogP contribution >= 0.6 is 0 Å². The van der Waals surface area contributed by atoms with Crippen molar-refractivity contribution in [3.63, 3.8) is 0 Å². The minimum atomic E-state index is -3.67. The van der Waals surface area contributed by atoms with Crippen LogP contribution in [0.15, 0.2) is 54.6 Å². The Morgan fingerprint density at radius 2 is 1.73 bits per heavy atom. The van der Waals surface area contributed by atoms with E-state index in [4.69, 9.17) is 5.21 Å². The molecule has 1 radical (unpaired) electrons. The number of amides is 1. The maximum absolute atomic E-state index is 12.1. The minimum Gasteiger partial charge on any atom is -0.299 e. The van der Waals surface area contributed by atoms with E-state index in [-0.39, 0.29) is 6.42 Å². The number of hydrogen-bond donors (Lipinski definition) is 2. The van der Waals surface area contributed by atoms with Crippen LogP contribution in [0.4, 0.5) is 0 Å². The predicted octanol–water partition coefficient (Wildman–Crippen LogP) is 2.94. The Labute approximate surface area is 178 Å². The van der Waals surface area contributed by atoms with E-state index in [2.05, 4.69) is 41.3 Å². The smallest absolute Gasteiger partial charge is 0.264 e. The number of nitrogens with one attached hydrogen (secondary N) is 1. The summed E-state index contributed by atoms with van der Waals surface area (Å²) in [7, 11) is -3.67. The molecule has 6 nitrogen and oxygen atoms in total. The molecule has 159 valence electrons. The van der Waals surface area contributed by atoms with Crippen molar-refractivity contribution >= 4 is 21.3 Å². The van der Waals surface area contributed by atoms with Gasteiger partial charge < -0.3 is 0 Å². The normalized spacial score (nSPS) is 17.1. The van der Waals surface area contributed by atoms with Gasteiger partial charge in [0.1, 0.15) is 0 Å². The molecule has 0 bridgehead atoms. The van der Waals surface area contributed by atoms with Gasteiger partial charge in [-0.1, -0.05) is 54.6 Å². The zero-order chi connectivity index (χ0) is 21.8. The molecule has 1 atom stereocenters. The summed E-state index contributed by atoms with van der Waals surface area (Å²) in [5.41, 5.74) is 6.26. The van der Waals surface area contributed by atoms with Gasteiger partial charge in [0.05, 0.1) is 0 Å². The summed E-state index contributed by atoms with van der Waals surface area (Å²) in [5, 5.41) is 8.94. The highest BCUT2D eigenvalue weighted by Crippen LogP contribution is 2.27. The first-order chi connectivity index (χ1) is 14.2. The van der Waals surface area contributed by atoms with Crippen LogP contribution in [0.2, 0.25) is 0 Å². The van der Waals surface area contributed by atoms with Gasteiger partial charge in [0, 0.05) is 25.9 Å². The standard InChI is InChI=1S/C23H27N2O4S/c1-23(22(26)24-27,30(2,28)29)14-17-25-15-12-21(13-16-25)20-10-8-19(9-11-20)18-6-4-3-5-7-18/h4-12,27H,13-17H2,1-2H3,(H,24,26). The highest BCUT2D eigenvalue weighted by molar-refractivity contribution is 7.92. The van der Waals surface area contributed by atoms with Gasteiger partial charge in [0.2, 0.25) is 0 Å². The van der Waals surface area contributed by atoms with Crippen molar-refractivity contribution in [1.82, 2.24) is 10.4 Å². The average molecular weight is 428 g/mol. The van der Waals surface area contributed by atoms with E-state index in [1.54, 1.807) is 0 Å². The number of nitrogens with zero attached hydrogens (tertiary/aromatic N) is 1. The molecule has 0 aromatic heterocycles. The van der Waals surface area contributed by atoms with E-state index < -0.39 is 20.5 Å². The molecule has 3 rings (SSSR count). The van der Waals surface area contributed by atoms with E-state index in [0.717, 1.165) is 30.3 Å². The molecule has 1 aliphatic heterocycles. The topological polar surface area (TPSA) is 86.7 Å². The molecule has 0 saturated carbocycles. The molecule has 0 saturated heterocycles. The highest BCUT2D eigenvalue weighted by atomic mass is 32.2. The van der Waals surface area contributed by atoms with E-state index in [0.29, 0.717) is 13.1 Å². The largest absolute Gasteiger partial charge is 0.299 e. The molecule has 0 fully saturated rings. The molecule has 2 aromatic carbocycles. The molecule has 1 amide bonds. The van der Waals surface area contributed by atoms with Gasteiger partial charge in [-0.15, -0.1) is 0 Å². The zero-order valence-electron chi connectivity index (χ0n) is 17.3. The van der Waals surface area contributed by atoms with Crippen molar-refractivity contribution in [3.05, 3.63) is 66.2 Å². The van der Waals surface area contributed by atoms with Gasteiger partial charge in [-0.05, 0) is 48.1 Å². The molecule has 0 aliphatic carbocycles. The molecular formula is C23H27N2O4S. The Morgan fingerprint density at radius 3 is 2.27 bits per heavy atom. The lowest BCUT2D eigenvalue weighted by Crippen LogP contribution is -2.51. The molecule has 30 heavy (non-hydrogen) atoms. The maximum atomic E-state index is 12.1. The summed E-state index contributed by atoms with van der Waals surface area (Å²) >= 11 is 0. The van der Waals surface area contributed by atoms with Crippen molar-refractivity contribution < 1.29 is 18.4 Å². The van der Waals surface area contributed by atoms with Gasteiger partial charge in [-0.25, -0.2) is 13.9 Å². The first kappa shape index (κ1) is 22.2. The van der Waals surface area contributed by atoms with Crippen LogP contribution in [-0.2, 0) is 14.6 Å². The van der Waals surface area contributed by atoms with Crippen LogP contribution in [0.1, 0.15) is 25.3 Å². The van der Waals surface area contributed by atoms with Gasteiger partial charge >= 0.3 is 0 Å². The van der Waals surface area contributed by atoms with Crippen LogP contribution in [0.5, 0.6) is 0 Å². The third kappa shape index (κ3) is 4.80. The summed E-state index contributed by atoms with van der Waals surface area (Å²) in [4.78, 5) is 14.1. The van der Waals surface area contributed by atoms with E-state index in [1.807, 2.05) is 24.3 Å².